The summed E-state index contributed by atoms with van der Waals surface area (Å²) in [5.74, 6) is 3.41. The van der Waals surface area contributed by atoms with Gasteiger partial charge < -0.3 is 10.2 Å². The largest absolute Gasteiger partial charge is 0.345 e. The summed E-state index contributed by atoms with van der Waals surface area (Å²) in [6.45, 7) is 1.47. The highest BCUT2D eigenvalue weighted by Crippen LogP contribution is 2.27. The van der Waals surface area contributed by atoms with E-state index in [1.165, 1.54) is 11.3 Å². The first-order valence-corrected chi connectivity index (χ1v) is 5.36. The molecule has 1 aliphatic rings. The van der Waals surface area contributed by atoms with Crippen molar-refractivity contribution in [3.05, 3.63) is 29.8 Å². The Bertz CT molecular complexity index is 448. The molecule has 0 spiro atoms. The zero-order valence-electron chi connectivity index (χ0n) is 9.81. The summed E-state index contributed by atoms with van der Waals surface area (Å²) < 4.78 is 0. The molecule has 3 nitrogen and oxygen atoms in total. The molecule has 0 aliphatic carbocycles. The molecule has 1 aromatic carbocycles. The summed E-state index contributed by atoms with van der Waals surface area (Å²) in [6.07, 6.45) is 6.30. The van der Waals surface area contributed by atoms with Crippen molar-refractivity contribution in [2.24, 2.45) is 4.99 Å². The molecule has 0 fully saturated rings. The van der Waals surface area contributed by atoms with Crippen molar-refractivity contribution >= 4 is 35.6 Å². The third-order valence-corrected chi connectivity index (χ3v) is 2.70. The van der Waals surface area contributed by atoms with Crippen LogP contribution in [0.1, 0.15) is 5.56 Å². The summed E-state index contributed by atoms with van der Waals surface area (Å²) in [7, 11) is 1.78. The third-order valence-electron chi connectivity index (χ3n) is 2.70. The fraction of sp³-hybridized carbons (Fsp3) is 0.308. The highest BCUT2D eigenvalue weighted by Gasteiger charge is 2.21. The number of guanidine groups is 1. The minimum absolute atomic E-state index is 0. The maximum atomic E-state index is 5.24. The Morgan fingerprint density at radius 2 is 2.29 bits per heavy atom. The number of anilines is 1. The summed E-state index contributed by atoms with van der Waals surface area (Å²) >= 11 is 0. The molecule has 0 unspecified atom stereocenters. The monoisotopic (exact) mass is 341 g/mol. The Hall–Kier alpha value is -1.22. The van der Waals surface area contributed by atoms with Crippen LogP contribution in [0.25, 0.3) is 0 Å². The van der Waals surface area contributed by atoms with Crippen LogP contribution < -0.4 is 10.2 Å². The zero-order valence-corrected chi connectivity index (χ0v) is 12.1. The van der Waals surface area contributed by atoms with Crippen LogP contribution in [-0.2, 0) is 6.42 Å². The average Bonchev–Trinajstić information content (AvgIpc) is 2.75. The molecule has 4 heteroatoms. The van der Waals surface area contributed by atoms with Crippen LogP contribution in [-0.4, -0.2) is 26.1 Å². The third kappa shape index (κ3) is 2.91. The van der Waals surface area contributed by atoms with Crippen molar-refractivity contribution < 1.29 is 0 Å². The van der Waals surface area contributed by atoms with Gasteiger partial charge in [0.15, 0.2) is 5.96 Å². The molecule has 0 saturated heterocycles. The van der Waals surface area contributed by atoms with Gasteiger partial charge in [0.25, 0.3) is 0 Å². The fourth-order valence-corrected chi connectivity index (χ4v) is 1.98. The Balaban J connectivity index is 0.00000144. The van der Waals surface area contributed by atoms with Crippen molar-refractivity contribution in [1.82, 2.24) is 5.32 Å². The minimum Gasteiger partial charge on any atom is -0.345 e. The van der Waals surface area contributed by atoms with Gasteiger partial charge in [-0.1, -0.05) is 24.1 Å². The highest BCUT2D eigenvalue weighted by molar-refractivity contribution is 14.0. The van der Waals surface area contributed by atoms with Gasteiger partial charge in [0, 0.05) is 19.3 Å². The van der Waals surface area contributed by atoms with Crippen molar-refractivity contribution in [2.75, 3.05) is 25.0 Å². The molecule has 1 heterocycles. The lowest BCUT2D eigenvalue weighted by Crippen LogP contribution is -2.40. The van der Waals surface area contributed by atoms with E-state index in [0.29, 0.717) is 6.54 Å². The Labute approximate surface area is 119 Å². The molecule has 1 aliphatic heterocycles. The molecule has 0 atom stereocenters. The van der Waals surface area contributed by atoms with Gasteiger partial charge in [-0.3, -0.25) is 4.99 Å². The first-order valence-electron chi connectivity index (χ1n) is 5.36. The van der Waals surface area contributed by atoms with E-state index in [2.05, 4.69) is 39.3 Å². The Morgan fingerprint density at radius 1 is 1.53 bits per heavy atom. The molecule has 2 rings (SSSR count). The Morgan fingerprint density at radius 3 is 3.00 bits per heavy atom. The second-order valence-corrected chi connectivity index (χ2v) is 3.64. The SMILES string of the molecule is C#CCNC(=NC)N1CCc2ccccc21.I. The van der Waals surface area contributed by atoms with E-state index in [1.807, 2.05) is 6.07 Å². The minimum atomic E-state index is 0. The number of hydrogen-bond donors (Lipinski definition) is 1. The maximum Gasteiger partial charge on any atom is 0.198 e. The number of hydrogen-bond acceptors (Lipinski definition) is 1. The van der Waals surface area contributed by atoms with Crippen LogP contribution >= 0.6 is 24.0 Å². The number of aliphatic imine (C=N–C) groups is 1. The molecular formula is C13H16IN3. The van der Waals surface area contributed by atoms with E-state index in [1.54, 1.807) is 7.05 Å². The highest BCUT2D eigenvalue weighted by atomic mass is 127. The van der Waals surface area contributed by atoms with Gasteiger partial charge >= 0.3 is 0 Å². The second-order valence-electron chi connectivity index (χ2n) is 3.64. The van der Waals surface area contributed by atoms with Crippen molar-refractivity contribution in [3.8, 4) is 12.3 Å². The lowest BCUT2D eigenvalue weighted by atomic mass is 10.2. The maximum absolute atomic E-state index is 5.24. The van der Waals surface area contributed by atoms with Crippen LogP contribution in [0.15, 0.2) is 29.3 Å². The summed E-state index contributed by atoms with van der Waals surface area (Å²) in [6, 6.07) is 8.39. The van der Waals surface area contributed by atoms with Gasteiger partial charge in [0.2, 0.25) is 0 Å². The lowest BCUT2D eigenvalue weighted by molar-refractivity contribution is 0.944. The van der Waals surface area contributed by atoms with Gasteiger partial charge in [-0.15, -0.1) is 30.4 Å². The normalized spacial score (nSPS) is 13.6. The quantitative estimate of drug-likeness (QED) is 0.366. The first-order chi connectivity index (χ1) is 7.86. The second kappa shape index (κ2) is 6.50. The molecular weight excluding hydrogens is 325 g/mol. The molecule has 17 heavy (non-hydrogen) atoms. The van der Waals surface area contributed by atoms with Gasteiger partial charge in [-0.2, -0.15) is 0 Å². The molecule has 0 aromatic heterocycles. The molecule has 1 N–H and O–H groups in total. The van der Waals surface area contributed by atoms with Crippen LogP contribution in [0.3, 0.4) is 0 Å². The predicted octanol–water partition coefficient (Wildman–Crippen LogP) is 1.88. The van der Waals surface area contributed by atoms with Crippen LogP contribution in [0.2, 0.25) is 0 Å². The first kappa shape index (κ1) is 13.8. The Kier molecular flexibility index (Phi) is 5.29. The van der Waals surface area contributed by atoms with Gasteiger partial charge in [0.1, 0.15) is 0 Å². The van der Waals surface area contributed by atoms with Gasteiger partial charge in [-0.25, -0.2) is 0 Å². The molecule has 90 valence electrons. The van der Waals surface area contributed by atoms with E-state index in [4.69, 9.17) is 6.42 Å². The predicted molar refractivity (Wildman–Crippen MR) is 83.1 cm³/mol. The van der Waals surface area contributed by atoms with Crippen LogP contribution in [0, 0.1) is 12.3 Å². The number of nitrogens with one attached hydrogen (secondary N) is 1. The van der Waals surface area contributed by atoms with Crippen LogP contribution in [0.5, 0.6) is 0 Å². The number of para-hydroxylation sites is 1. The lowest BCUT2D eigenvalue weighted by Gasteiger charge is -2.21. The van der Waals surface area contributed by atoms with Gasteiger partial charge in [-0.05, 0) is 18.1 Å². The van der Waals surface area contributed by atoms with Crippen molar-refractivity contribution in [2.45, 2.75) is 6.42 Å². The smallest absolute Gasteiger partial charge is 0.198 e. The summed E-state index contributed by atoms with van der Waals surface area (Å²) in [5, 5.41) is 3.14. The topological polar surface area (TPSA) is 27.6 Å². The molecule has 0 amide bonds. The number of fused-ring (bicyclic) bond motifs is 1. The summed E-state index contributed by atoms with van der Waals surface area (Å²) in [5.41, 5.74) is 2.60. The van der Waals surface area contributed by atoms with E-state index in [9.17, 15) is 0 Å². The van der Waals surface area contributed by atoms with Crippen molar-refractivity contribution in [3.63, 3.8) is 0 Å². The zero-order chi connectivity index (χ0) is 11.4. The van der Waals surface area contributed by atoms with E-state index < -0.39 is 0 Å². The molecule has 0 saturated carbocycles. The van der Waals surface area contributed by atoms with E-state index >= 15 is 0 Å². The van der Waals surface area contributed by atoms with E-state index in [-0.39, 0.29) is 24.0 Å². The van der Waals surface area contributed by atoms with E-state index in [0.717, 1.165) is 18.9 Å². The van der Waals surface area contributed by atoms with Crippen molar-refractivity contribution in [1.29, 1.82) is 0 Å². The molecule has 1 aromatic rings. The number of rotatable bonds is 1. The summed E-state index contributed by atoms with van der Waals surface area (Å²) in [4.78, 5) is 6.42. The fourth-order valence-electron chi connectivity index (χ4n) is 1.98. The molecule has 0 radical (unpaired) electrons. The number of nitrogens with zero attached hydrogens (tertiary/aromatic N) is 2. The standard InChI is InChI=1S/C13H15N3.HI/c1-3-9-15-13(14-2)16-10-8-11-6-4-5-7-12(11)16;/h1,4-7H,8-10H2,2H3,(H,14,15);1H. The van der Waals surface area contributed by atoms with Gasteiger partial charge in [0.05, 0.1) is 6.54 Å². The number of halogens is 1. The average molecular weight is 341 g/mol. The molecule has 0 bridgehead atoms. The number of terminal acetylenes is 1. The number of benzene rings is 1. The van der Waals surface area contributed by atoms with Crippen LogP contribution in [0.4, 0.5) is 5.69 Å².